The molecule has 4 rings (SSSR count). The minimum Gasteiger partial charge on any atom is -0.462 e. The highest BCUT2D eigenvalue weighted by Crippen LogP contribution is 2.25. The fourth-order valence-electron chi connectivity index (χ4n) is 4.31. The fraction of sp³-hybridized carbons (Fsp3) is 0.400. The molecule has 2 heterocycles. The van der Waals surface area contributed by atoms with E-state index in [1.165, 1.54) is 15.3 Å². The molecular weight excluding hydrogens is 456 g/mol. The monoisotopic (exact) mass is 484 g/mol. The Balaban J connectivity index is 1.30. The van der Waals surface area contributed by atoms with E-state index in [0.29, 0.717) is 42.6 Å². The number of aryl methyl sites for hydroxylation is 1. The van der Waals surface area contributed by atoms with Crippen LogP contribution < -0.4 is 0 Å². The van der Waals surface area contributed by atoms with Gasteiger partial charge in [-0.25, -0.2) is 13.2 Å². The normalized spacial score (nSPS) is 16.6. The molecule has 2 aromatic rings. The maximum atomic E-state index is 13.1. The summed E-state index contributed by atoms with van der Waals surface area (Å²) in [5.74, 6) is -1.21. The van der Waals surface area contributed by atoms with Crippen molar-refractivity contribution in [1.29, 1.82) is 0 Å². The lowest BCUT2D eigenvalue weighted by Gasteiger charge is -2.26. The Morgan fingerprint density at radius 1 is 0.941 bits per heavy atom. The van der Waals surface area contributed by atoms with Crippen LogP contribution in [0.5, 0.6) is 0 Å². The Morgan fingerprint density at radius 2 is 1.59 bits per heavy atom. The zero-order valence-corrected chi connectivity index (χ0v) is 20.0. The molecule has 0 unspecified atom stereocenters. The Kier molecular flexibility index (Phi) is 7.13. The molecule has 9 heteroatoms. The molecule has 2 aliphatic rings. The molecule has 0 radical (unpaired) electrons. The number of ether oxygens (including phenoxy) is 1. The van der Waals surface area contributed by atoms with Crippen LogP contribution in [0.3, 0.4) is 0 Å². The topological polar surface area (TPSA) is 101 Å². The third-order valence-corrected chi connectivity index (χ3v) is 8.28. The first-order chi connectivity index (χ1) is 16.3. The molecule has 0 aliphatic carbocycles. The van der Waals surface area contributed by atoms with Crippen LogP contribution in [0.25, 0.3) is 0 Å². The van der Waals surface area contributed by atoms with E-state index in [9.17, 15) is 22.8 Å². The van der Waals surface area contributed by atoms with Gasteiger partial charge >= 0.3 is 5.97 Å². The highest BCUT2D eigenvalue weighted by molar-refractivity contribution is 7.89. The highest BCUT2D eigenvalue weighted by atomic mass is 32.2. The molecule has 0 atom stereocenters. The van der Waals surface area contributed by atoms with Gasteiger partial charge in [-0.1, -0.05) is 24.6 Å². The van der Waals surface area contributed by atoms with Gasteiger partial charge in [0.25, 0.3) is 11.8 Å². The third kappa shape index (κ3) is 4.76. The van der Waals surface area contributed by atoms with Crippen LogP contribution in [0, 0.1) is 6.92 Å². The number of unbranched alkanes of at least 4 members (excludes halogenated alkanes) is 1. The smallest absolute Gasteiger partial charge is 0.338 e. The van der Waals surface area contributed by atoms with E-state index in [1.807, 2.05) is 0 Å². The summed E-state index contributed by atoms with van der Waals surface area (Å²) in [6, 6.07) is 11.3. The van der Waals surface area contributed by atoms with Crippen molar-refractivity contribution < 1.29 is 27.5 Å². The second-order valence-electron chi connectivity index (χ2n) is 8.60. The zero-order chi connectivity index (χ0) is 24.3. The quantitative estimate of drug-likeness (QED) is 0.323. The fourth-order valence-corrected chi connectivity index (χ4v) is 6.08. The number of rotatable bonds is 8. The van der Waals surface area contributed by atoms with Crippen LogP contribution in [-0.4, -0.2) is 61.6 Å². The summed E-state index contributed by atoms with van der Waals surface area (Å²) >= 11 is 0. The molecule has 34 heavy (non-hydrogen) atoms. The molecule has 2 amide bonds. The Hall–Kier alpha value is -3.04. The Morgan fingerprint density at radius 3 is 2.24 bits per heavy atom. The van der Waals surface area contributed by atoms with Crippen LogP contribution >= 0.6 is 0 Å². The van der Waals surface area contributed by atoms with E-state index < -0.39 is 16.0 Å². The number of fused-ring (bicyclic) bond motifs is 1. The lowest BCUT2D eigenvalue weighted by Crippen LogP contribution is -2.36. The number of piperidine rings is 1. The molecule has 0 spiro atoms. The predicted octanol–water partition coefficient (Wildman–Crippen LogP) is 3.40. The standard InChI is InChI=1S/C25H28N2O6S/c1-18-11-12-19(17-22(18)34(31,32)26-13-5-2-6-14-26)25(30)33-16-8-7-15-27-23(28)20-9-3-4-10-21(20)24(27)29/h3-4,9-12,17H,2,5-8,13-16H2,1H3. The zero-order valence-electron chi connectivity index (χ0n) is 19.2. The summed E-state index contributed by atoms with van der Waals surface area (Å²) < 4.78 is 32.9. The highest BCUT2D eigenvalue weighted by Gasteiger charge is 2.34. The lowest BCUT2D eigenvalue weighted by molar-refractivity contribution is 0.0485. The number of sulfonamides is 1. The van der Waals surface area contributed by atoms with Gasteiger partial charge in [-0.2, -0.15) is 4.31 Å². The number of carbonyl (C=O) groups excluding carboxylic acids is 3. The predicted molar refractivity (Wildman–Crippen MR) is 125 cm³/mol. The molecule has 1 fully saturated rings. The van der Waals surface area contributed by atoms with Crippen molar-refractivity contribution in [3.05, 3.63) is 64.7 Å². The average Bonchev–Trinajstić information content (AvgIpc) is 3.09. The Bertz CT molecular complexity index is 1180. The molecule has 0 bridgehead atoms. The van der Waals surface area contributed by atoms with Gasteiger partial charge in [0, 0.05) is 19.6 Å². The lowest BCUT2D eigenvalue weighted by atomic mass is 10.1. The number of nitrogens with zero attached hydrogens (tertiary/aromatic N) is 2. The first kappa shape index (κ1) is 24.1. The minimum absolute atomic E-state index is 0.101. The van der Waals surface area contributed by atoms with Crippen LogP contribution in [0.2, 0.25) is 0 Å². The number of esters is 1. The molecule has 0 aromatic heterocycles. The van der Waals surface area contributed by atoms with Gasteiger partial charge < -0.3 is 4.74 Å². The van der Waals surface area contributed by atoms with Crippen molar-refractivity contribution in [2.24, 2.45) is 0 Å². The third-order valence-electron chi connectivity index (χ3n) is 6.24. The van der Waals surface area contributed by atoms with E-state index in [2.05, 4.69) is 0 Å². The summed E-state index contributed by atoms with van der Waals surface area (Å²) in [5, 5.41) is 0. The van der Waals surface area contributed by atoms with Crippen LogP contribution in [0.4, 0.5) is 0 Å². The number of carbonyl (C=O) groups is 3. The Labute approximate surface area is 199 Å². The first-order valence-electron chi connectivity index (χ1n) is 11.5. The largest absolute Gasteiger partial charge is 0.462 e. The van der Waals surface area contributed by atoms with Crippen LogP contribution in [0.1, 0.15) is 68.7 Å². The molecule has 0 saturated carbocycles. The van der Waals surface area contributed by atoms with Crippen molar-refractivity contribution in [2.75, 3.05) is 26.2 Å². The van der Waals surface area contributed by atoms with Crippen molar-refractivity contribution in [3.63, 3.8) is 0 Å². The van der Waals surface area contributed by atoms with E-state index in [4.69, 9.17) is 4.74 Å². The number of hydrogen-bond acceptors (Lipinski definition) is 6. The van der Waals surface area contributed by atoms with E-state index in [1.54, 1.807) is 43.3 Å². The van der Waals surface area contributed by atoms with E-state index >= 15 is 0 Å². The first-order valence-corrected chi connectivity index (χ1v) is 13.0. The van der Waals surface area contributed by atoms with Gasteiger partial charge in [0.1, 0.15) is 0 Å². The van der Waals surface area contributed by atoms with E-state index in [-0.39, 0.29) is 35.4 Å². The van der Waals surface area contributed by atoms with Gasteiger partial charge in [0.15, 0.2) is 0 Å². The maximum Gasteiger partial charge on any atom is 0.338 e. The van der Waals surface area contributed by atoms with E-state index in [0.717, 1.165) is 19.3 Å². The van der Waals surface area contributed by atoms with Crippen LogP contribution in [-0.2, 0) is 14.8 Å². The summed E-state index contributed by atoms with van der Waals surface area (Å²) in [6.07, 6.45) is 3.64. The second kappa shape index (κ2) is 10.1. The summed E-state index contributed by atoms with van der Waals surface area (Å²) in [7, 11) is -3.66. The van der Waals surface area contributed by atoms with Crippen molar-refractivity contribution in [2.45, 2.75) is 43.9 Å². The number of benzene rings is 2. The van der Waals surface area contributed by atoms with Crippen LogP contribution in [0.15, 0.2) is 47.4 Å². The summed E-state index contributed by atoms with van der Waals surface area (Å²) in [4.78, 5) is 38.7. The summed E-state index contributed by atoms with van der Waals surface area (Å²) in [6.45, 7) is 3.04. The van der Waals surface area contributed by atoms with Gasteiger partial charge in [-0.3, -0.25) is 14.5 Å². The molecular formula is C25H28N2O6S. The number of hydrogen-bond donors (Lipinski definition) is 0. The van der Waals surface area contributed by atoms with Gasteiger partial charge in [-0.05, 0) is 62.4 Å². The molecule has 2 aromatic carbocycles. The average molecular weight is 485 g/mol. The van der Waals surface area contributed by atoms with Crippen molar-refractivity contribution >= 4 is 27.8 Å². The molecule has 1 saturated heterocycles. The molecule has 180 valence electrons. The number of imide groups is 1. The molecule has 8 nitrogen and oxygen atoms in total. The minimum atomic E-state index is -3.66. The maximum absolute atomic E-state index is 13.1. The second-order valence-corrected chi connectivity index (χ2v) is 10.5. The van der Waals surface area contributed by atoms with Gasteiger partial charge in [-0.15, -0.1) is 0 Å². The van der Waals surface area contributed by atoms with Gasteiger partial charge in [0.05, 0.1) is 28.2 Å². The van der Waals surface area contributed by atoms with Gasteiger partial charge in [0.2, 0.25) is 10.0 Å². The molecule has 0 N–H and O–H groups in total. The molecule has 2 aliphatic heterocycles. The number of amides is 2. The summed E-state index contributed by atoms with van der Waals surface area (Å²) in [5.41, 5.74) is 1.59. The van der Waals surface area contributed by atoms with Crippen molar-refractivity contribution in [3.8, 4) is 0 Å². The van der Waals surface area contributed by atoms with Crippen molar-refractivity contribution in [1.82, 2.24) is 9.21 Å². The SMILES string of the molecule is Cc1ccc(C(=O)OCCCCN2C(=O)c3ccccc3C2=O)cc1S(=O)(=O)N1CCCCC1.